The first-order valence-corrected chi connectivity index (χ1v) is 10.5. The van der Waals surface area contributed by atoms with E-state index in [9.17, 15) is 0 Å². The van der Waals surface area contributed by atoms with Gasteiger partial charge in [0.2, 0.25) is 0 Å². The van der Waals surface area contributed by atoms with Gasteiger partial charge >= 0.3 is 95.7 Å². The Labute approximate surface area is 345 Å². The van der Waals surface area contributed by atoms with Crippen LogP contribution in [0.2, 0.25) is 0 Å². The van der Waals surface area contributed by atoms with E-state index in [2.05, 4.69) is 0 Å². The van der Waals surface area contributed by atoms with Crippen LogP contribution in [0.25, 0.3) is 0 Å². The second kappa shape index (κ2) is 96.8. The Kier molecular flexibility index (Phi) is 195. The van der Waals surface area contributed by atoms with Gasteiger partial charge < -0.3 is 91.3 Å². The molecule has 0 atom stereocenters. The van der Waals surface area contributed by atoms with Crippen LogP contribution in [0.15, 0.2) is 0 Å². The van der Waals surface area contributed by atoms with Crippen LogP contribution < -0.4 is 101 Å². The molecular weight excluding hydrogens is 779 g/mol. The molecule has 0 aromatic heterocycles. The van der Waals surface area contributed by atoms with Crippen LogP contribution >= 0.6 is 0 Å². The molecule has 0 aliphatic rings. The number of aliphatic carboxylic acids is 10. The summed E-state index contributed by atoms with van der Waals surface area (Å²) in [7, 11) is 0. The van der Waals surface area contributed by atoms with Gasteiger partial charge in [-0.15, -0.1) is 0 Å². The van der Waals surface area contributed by atoms with Gasteiger partial charge in [0, 0.05) is 76.6 Å². The molecule has 0 rings (SSSR count). The third-order valence-electron chi connectivity index (χ3n) is 0.167. The van der Waals surface area contributed by atoms with E-state index in [-0.39, 0.29) is 95.7 Å². The van der Waals surface area contributed by atoms with Gasteiger partial charge in [-0.1, -0.05) is 0 Å². The maximum Gasteiger partial charge on any atom is 2.00 e. The molecule has 1 radical (unpaired) electrons. The van der Waals surface area contributed by atoms with Crippen molar-refractivity contribution >= 4 is 59.7 Å². The zero-order valence-corrected chi connectivity index (χ0v) is 37.1. The first kappa shape index (κ1) is 96.9. The number of carbonyl (C=O) groups is 10. The zero-order chi connectivity index (χ0) is 39.2. The molecule has 48 heavy (non-hydrogen) atoms. The van der Waals surface area contributed by atoms with Gasteiger partial charge in [0.1, 0.15) is 0 Å². The van der Waals surface area contributed by atoms with Crippen molar-refractivity contribution in [1.29, 1.82) is 0 Å². The summed E-state index contributed by atoms with van der Waals surface area (Å²) in [6.07, 6.45) is 0. The topological polar surface area (TPSA) is 442 Å². The molecule has 0 aromatic rings. The summed E-state index contributed by atoms with van der Waals surface area (Å²) >= 11 is 0. The third kappa shape index (κ3) is 52300. The van der Waals surface area contributed by atoms with Crippen molar-refractivity contribution in [3.8, 4) is 0 Å². The maximum atomic E-state index is 9.00. The fraction of sp³-hybridized carbons (Fsp3) is 0.545. The van der Waals surface area contributed by atoms with Crippen LogP contribution in [-0.4, -0.2) is 93.2 Å². The van der Waals surface area contributed by atoms with Crippen LogP contribution in [0.3, 0.4) is 0 Å². The third-order valence-corrected chi connectivity index (χ3v) is 0.167. The van der Waals surface area contributed by atoms with Crippen LogP contribution in [-0.2, 0) is 84.5 Å². The normalized spacial score (nSPS) is 5.83. The van der Waals surface area contributed by atoms with Gasteiger partial charge in [0.05, 0.1) is 0 Å². The molecule has 0 aliphatic heterocycles. The maximum absolute atomic E-state index is 9.00. The molecule has 0 unspecified atom stereocenters. The molecule has 0 aliphatic carbocycles. The van der Waals surface area contributed by atoms with E-state index in [1.807, 2.05) is 0 Å². The van der Waals surface area contributed by atoms with Gasteiger partial charge in [0.25, 0.3) is 23.9 Å². The first-order chi connectivity index (χ1) is 19.2. The molecule has 0 aromatic carbocycles. The Bertz CT molecular complexity index is 537. The van der Waals surface area contributed by atoms with E-state index in [1.54, 1.807) is 0 Å². The van der Waals surface area contributed by atoms with Crippen molar-refractivity contribution in [3.63, 3.8) is 0 Å². The van der Waals surface area contributed by atoms with Crippen molar-refractivity contribution in [1.82, 2.24) is 0 Å². The number of nitrogens with two attached hydrogens (primary N) is 2. The second-order valence-corrected chi connectivity index (χ2v) is 5.60. The molecule has 22 nitrogen and oxygen atoms in total. The SMILES string of the molecule is CC(=O)O.CC(=O)O.CC(=O)O.CC(=O)O.CC(=O)[O-].CC(=O)[O-].CC(=O)[O-].CC(=O)[O-].CC(=O)[O-].CC(=O)[O-].NCCN.[Mn+2].[Na+].[Na+].[Zn+2]. The molecule has 0 heterocycles. The largest absolute Gasteiger partial charge is 2.00 e. The van der Waals surface area contributed by atoms with E-state index in [1.165, 1.54) is 0 Å². The minimum absolute atomic E-state index is 0. The number of hydrogen-bond donors (Lipinski definition) is 6. The molecule has 26 heteroatoms. The number of carboxylic acids is 10. The van der Waals surface area contributed by atoms with Crippen molar-refractivity contribution in [2.45, 2.75) is 69.2 Å². The predicted octanol–water partition coefficient (Wildman–Crippen LogP) is -14.2. The quantitative estimate of drug-likeness (QED) is 0.134. The standard InChI is InChI=1S/C2H8N2.10C2H4O2.Mn.2Na.Zn/c3-1-2-4;10*1-2(3)4;;;;/h1-4H2;10*1H3,(H,3,4);;;;/q;;;;;;;;;;;+2;2*+1;+2/p-6. The Morgan fingerprint density at radius 2 is 0.396 bits per heavy atom. The molecule has 0 saturated heterocycles. The van der Waals surface area contributed by atoms with E-state index in [4.69, 9.17) is 110 Å². The molecule has 0 saturated carbocycles. The monoisotopic (exact) mass is 819 g/mol. The van der Waals surface area contributed by atoms with Gasteiger partial charge in [-0.05, 0) is 41.5 Å². The number of hydrogen-bond acceptors (Lipinski definition) is 18. The van der Waals surface area contributed by atoms with Crippen molar-refractivity contribution in [2.24, 2.45) is 11.5 Å². The second-order valence-electron chi connectivity index (χ2n) is 5.60. The summed E-state index contributed by atoms with van der Waals surface area (Å²) in [6, 6.07) is 0. The number of rotatable bonds is 1. The first-order valence-electron chi connectivity index (χ1n) is 10.5. The van der Waals surface area contributed by atoms with Crippen LogP contribution in [0.4, 0.5) is 0 Å². The van der Waals surface area contributed by atoms with Crippen molar-refractivity contribution in [2.75, 3.05) is 13.1 Å². The fourth-order valence-electron chi connectivity index (χ4n) is 0. The molecule has 271 valence electrons. The Hall–Kier alpha value is -2.24. The van der Waals surface area contributed by atoms with E-state index in [0.717, 1.165) is 69.2 Å². The molecule has 8 N–H and O–H groups in total. The van der Waals surface area contributed by atoms with Crippen molar-refractivity contribution < 1.29 is 195 Å². The van der Waals surface area contributed by atoms with E-state index in [0.29, 0.717) is 13.1 Å². The van der Waals surface area contributed by atoms with Crippen LogP contribution in [0.5, 0.6) is 0 Å². The Morgan fingerprint density at radius 3 is 0.396 bits per heavy atom. The average molecular weight is 821 g/mol. The van der Waals surface area contributed by atoms with Crippen LogP contribution in [0, 0.1) is 0 Å². The average Bonchev–Trinajstić information content (AvgIpc) is 2.63. The van der Waals surface area contributed by atoms with Gasteiger partial charge in [-0.25, -0.2) is 0 Å². The van der Waals surface area contributed by atoms with Crippen LogP contribution in [0.1, 0.15) is 69.2 Å². The molecular formula is C22H42MnN2Na2O20Zn. The molecule has 0 bridgehead atoms. The minimum atomic E-state index is -1.08. The van der Waals surface area contributed by atoms with Gasteiger partial charge in [-0.3, -0.25) is 19.2 Å². The summed E-state index contributed by atoms with van der Waals surface area (Å²) in [6.45, 7) is 11.4. The molecule has 0 amide bonds. The molecule has 0 spiro atoms. The minimum Gasteiger partial charge on any atom is -0.550 e. The summed E-state index contributed by atoms with van der Waals surface area (Å²) in [5, 5.41) is 83.0. The zero-order valence-electron chi connectivity index (χ0n) is 29.0. The summed E-state index contributed by atoms with van der Waals surface area (Å²) in [4.78, 5) is 89.3. The van der Waals surface area contributed by atoms with Crippen molar-refractivity contribution in [3.05, 3.63) is 0 Å². The van der Waals surface area contributed by atoms with Gasteiger partial charge in [0.15, 0.2) is 0 Å². The van der Waals surface area contributed by atoms with E-state index >= 15 is 0 Å². The number of carboxylic acid groups (broad SMARTS) is 10. The van der Waals surface area contributed by atoms with E-state index < -0.39 is 59.7 Å². The summed E-state index contributed by atoms with van der Waals surface area (Å²) in [5.74, 6) is -9.83. The number of carbonyl (C=O) groups excluding carboxylic acids is 6. The Morgan fingerprint density at radius 1 is 0.375 bits per heavy atom. The Balaban J connectivity index is -0.0000000190. The van der Waals surface area contributed by atoms with Gasteiger partial charge in [-0.2, -0.15) is 0 Å². The smallest absolute Gasteiger partial charge is 0.550 e. The fourth-order valence-corrected chi connectivity index (χ4v) is 0. The summed E-state index contributed by atoms with van der Waals surface area (Å²) < 4.78 is 0. The molecule has 0 fully saturated rings. The predicted molar refractivity (Wildman–Crippen MR) is 135 cm³/mol. The summed E-state index contributed by atoms with van der Waals surface area (Å²) in [5.41, 5.74) is 9.81.